The van der Waals surface area contributed by atoms with E-state index in [1.54, 1.807) is 10.9 Å². The lowest BCUT2D eigenvalue weighted by Gasteiger charge is -2.19. The zero-order chi connectivity index (χ0) is 17.1. The molecule has 1 aliphatic heterocycles. The quantitative estimate of drug-likeness (QED) is 0.887. The van der Waals surface area contributed by atoms with Gasteiger partial charge in [-0.1, -0.05) is 6.92 Å². The van der Waals surface area contributed by atoms with Crippen molar-refractivity contribution in [2.45, 2.75) is 39.3 Å². The summed E-state index contributed by atoms with van der Waals surface area (Å²) in [4.78, 5) is 22.0. The van der Waals surface area contributed by atoms with Gasteiger partial charge in [0.1, 0.15) is 12.9 Å². The Morgan fingerprint density at radius 1 is 1.46 bits per heavy atom. The van der Waals surface area contributed by atoms with Gasteiger partial charge in [-0.05, 0) is 25.8 Å². The first-order chi connectivity index (χ1) is 11.6. The highest BCUT2D eigenvalue weighted by Crippen LogP contribution is 2.22. The predicted octanol–water partition coefficient (Wildman–Crippen LogP) is 1.08. The molecule has 1 saturated heterocycles. The van der Waals surface area contributed by atoms with Crippen LogP contribution in [-0.2, 0) is 17.8 Å². The lowest BCUT2D eigenvalue weighted by Crippen LogP contribution is -2.39. The molecule has 1 amide bonds. The van der Waals surface area contributed by atoms with Crippen LogP contribution in [0.1, 0.15) is 24.7 Å². The number of amides is 1. The van der Waals surface area contributed by atoms with Crippen LogP contribution in [0.5, 0.6) is 0 Å². The number of nitrogens with zero attached hydrogens (tertiary/aromatic N) is 5. The van der Waals surface area contributed by atoms with Gasteiger partial charge in [-0.3, -0.25) is 9.48 Å². The third-order valence-corrected chi connectivity index (χ3v) is 4.25. The summed E-state index contributed by atoms with van der Waals surface area (Å²) in [5.74, 6) is -0.133. The summed E-state index contributed by atoms with van der Waals surface area (Å²) in [7, 11) is 0. The third-order valence-electron chi connectivity index (χ3n) is 4.25. The number of rotatable bonds is 5. The van der Waals surface area contributed by atoms with Crippen LogP contribution in [0.25, 0.3) is 0 Å². The minimum Gasteiger partial charge on any atom is -0.352 e. The topological polar surface area (TPSA) is 75.9 Å². The molecule has 7 nitrogen and oxygen atoms in total. The van der Waals surface area contributed by atoms with Gasteiger partial charge in [-0.15, -0.1) is 0 Å². The second-order valence-corrected chi connectivity index (χ2v) is 5.94. The van der Waals surface area contributed by atoms with Gasteiger partial charge in [-0.25, -0.2) is 14.4 Å². The highest BCUT2D eigenvalue weighted by Gasteiger charge is 2.27. The zero-order valence-corrected chi connectivity index (χ0v) is 13.9. The van der Waals surface area contributed by atoms with E-state index in [0.717, 1.165) is 12.1 Å². The standard InChI is InChI=1S/C16H21FN6O/c1-3-13-15(17)16(19-10-18-13)22-7-5-12(8-22)21-14(24)9-23-11(2)4-6-20-23/h4,6,10,12H,3,5,7-9H2,1-2H3,(H,21,24). The Balaban J connectivity index is 1.59. The molecule has 1 fully saturated rings. The summed E-state index contributed by atoms with van der Waals surface area (Å²) in [6.45, 7) is 5.15. The molecule has 0 spiro atoms. The number of hydrogen-bond donors (Lipinski definition) is 1. The Morgan fingerprint density at radius 2 is 2.29 bits per heavy atom. The van der Waals surface area contributed by atoms with E-state index in [0.29, 0.717) is 31.0 Å². The van der Waals surface area contributed by atoms with E-state index in [1.165, 1.54) is 6.33 Å². The van der Waals surface area contributed by atoms with Gasteiger partial charge in [0.15, 0.2) is 11.6 Å². The smallest absolute Gasteiger partial charge is 0.242 e. The second-order valence-electron chi connectivity index (χ2n) is 5.94. The lowest BCUT2D eigenvalue weighted by atomic mass is 10.2. The maximum absolute atomic E-state index is 14.3. The van der Waals surface area contributed by atoms with E-state index in [9.17, 15) is 9.18 Å². The van der Waals surface area contributed by atoms with Crippen molar-refractivity contribution in [1.82, 2.24) is 25.1 Å². The monoisotopic (exact) mass is 332 g/mol. The minimum absolute atomic E-state index is 0.0205. The van der Waals surface area contributed by atoms with Gasteiger partial charge in [0, 0.05) is 31.0 Å². The summed E-state index contributed by atoms with van der Waals surface area (Å²) in [5.41, 5.74) is 1.36. The molecule has 1 aliphatic rings. The van der Waals surface area contributed by atoms with Crippen LogP contribution in [-0.4, -0.2) is 44.8 Å². The van der Waals surface area contributed by atoms with Gasteiger partial charge >= 0.3 is 0 Å². The van der Waals surface area contributed by atoms with Crippen LogP contribution >= 0.6 is 0 Å². The van der Waals surface area contributed by atoms with E-state index in [2.05, 4.69) is 20.4 Å². The number of hydrogen-bond acceptors (Lipinski definition) is 5. The molecule has 0 bridgehead atoms. The largest absolute Gasteiger partial charge is 0.352 e. The van der Waals surface area contributed by atoms with Crippen molar-refractivity contribution >= 4 is 11.7 Å². The SMILES string of the molecule is CCc1ncnc(N2CCC(NC(=O)Cn3nccc3C)C2)c1F. The maximum atomic E-state index is 14.3. The number of aryl methyl sites for hydroxylation is 2. The molecule has 0 saturated carbocycles. The summed E-state index contributed by atoms with van der Waals surface area (Å²) in [6, 6.07) is 1.83. The van der Waals surface area contributed by atoms with Gasteiger partial charge in [0.25, 0.3) is 0 Å². The highest BCUT2D eigenvalue weighted by molar-refractivity contribution is 5.76. The normalized spacial score (nSPS) is 17.3. The fraction of sp³-hybridized carbons (Fsp3) is 0.500. The Labute approximate surface area is 139 Å². The average Bonchev–Trinajstić information content (AvgIpc) is 3.17. The first-order valence-corrected chi connectivity index (χ1v) is 8.10. The fourth-order valence-electron chi connectivity index (χ4n) is 2.91. The molecule has 128 valence electrons. The van der Waals surface area contributed by atoms with Crippen LogP contribution < -0.4 is 10.2 Å². The van der Waals surface area contributed by atoms with Crippen molar-refractivity contribution in [3.05, 3.63) is 35.8 Å². The summed E-state index contributed by atoms with van der Waals surface area (Å²) in [6.07, 6.45) is 4.35. The van der Waals surface area contributed by atoms with E-state index in [1.807, 2.05) is 24.8 Å². The number of carbonyl (C=O) groups is 1. The Kier molecular flexibility index (Phi) is 4.73. The minimum atomic E-state index is -0.362. The summed E-state index contributed by atoms with van der Waals surface area (Å²) >= 11 is 0. The first kappa shape index (κ1) is 16.4. The summed E-state index contributed by atoms with van der Waals surface area (Å²) in [5, 5.41) is 7.09. The molecule has 24 heavy (non-hydrogen) atoms. The molecule has 1 atom stereocenters. The van der Waals surface area contributed by atoms with Crippen molar-refractivity contribution < 1.29 is 9.18 Å². The third kappa shape index (κ3) is 3.37. The average molecular weight is 332 g/mol. The van der Waals surface area contributed by atoms with E-state index in [4.69, 9.17) is 0 Å². The van der Waals surface area contributed by atoms with Gasteiger partial charge < -0.3 is 10.2 Å². The molecule has 8 heteroatoms. The van der Waals surface area contributed by atoms with E-state index >= 15 is 0 Å². The molecular formula is C16H21FN6O. The van der Waals surface area contributed by atoms with E-state index in [-0.39, 0.29) is 24.3 Å². The fourth-order valence-corrected chi connectivity index (χ4v) is 2.91. The molecule has 0 aromatic carbocycles. The van der Waals surface area contributed by atoms with E-state index < -0.39 is 0 Å². The molecule has 2 aromatic rings. The van der Waals surface area contributed by atoms with Crippen LogP contribution in [0, 0.1) is 12.7 Å². The number of carbonyl (C=O) groups excluding carboxylic acids is 1. The van der Waals surface area contributed by atoms with Crippen LogP contribution in [0.3, 0.4) is 0 Å². The number of nitrogens with one attached hydrogen (secondary N) is 1. The maximum Gasteiger partial charge on any atom is 0.242 e. The highest BCUT2D eigenvalue weighted by atomic mass is 19.1. The Bertz CT molecular complexity index is 731. The second kappa shape index (κ2) is 6.94. The Hall–Kier alpha value is -2.51. The van der Waals surface area contributed by atoms with Crippen LogP contribution in [0.4, 0.5) is 10.2 Å². The number of halogens is 1. The van der Waals surface area contributed by atoms with Crippen molar-refractivity contribution in [2.75, 3.05) is 18.0 Å². The molecule has 1 N–H and O–H groups in total. The molecule has 3 heterocycles. The number of aromatic nitrogens is 4. The molecule has 2 aromatic heterocycles. The van der Waals surface area contributed by atoms with Gasteiger partial charge in [0.05, 0.1) is 5.69 Å². The predicted molar refractivity (Wildman–Crippen MR) is 87.1 cm³/mol. The lowest BCUT2D eigenvalue weighted by molar-refractivity contribution is -0.122. The first-order valence-electron chi connectivity index (χ1n) is 8.10. The van der Waals surface area contributed by atoms with Gasteiger partial charge in [-0.2, -0.15) is 5.10 Å². The van der Waals surface area contributed by atoms with Gasteiger partial charge in [0.2, 0.25) is 5.91 Å². The Morgan fingerprint density at radius 3 is 3.00 bits per heavy atom. The van der Waals surface area contributed by atoms with Crippen molar-refractivity contribution in [3.8, 4) is 0 Å². The molecular weight excluding hydrogens is 311 g/mol. The molecule has 1 unspecified atom stereocenters. The van der Waals surface area contributed by atoms with Crippen molar-refractivity contribution in [3.63, 3.8) is 0 Å². The molecule has 0 radical (unpaired) electrons. The summed E-state index contributed by atoms with van der Waals surface area (Å²) < 4.78 is 16.0. The zero-order valence-electron chi connectivity index (χ0n) is 13.9. The number of anilines is 1. The molecule has 3 rings (SSSR count). The van der Waals surface area contributed by atoms with Crippen LogP contribution in [0.2, 0.25) is 0 Å². The molecule has 0 aliphatic carbocycles. The van der Waals surface area contributed by atoms with Crippen LogP contribution in [0.15, 0.2) is 18.6 Å². The van der Waals surface area contributed by atoms with Crippen molar-refractivity contribution in [2.24, 2.45) is 0 Å². The van der Waals surface area contributed by atoms with Crippen molar-refractivity contribution in [1.29, 1.82) is 0 Å².